The highest BCUT2D eigenvalue weighted by Crippen LogP contribution is 2.16. The predicted molar refractivity (Wildman–Crippen MR) is 43.8 cm³/mol. The molecule has 1 rings (SSSR count). The minimum atomic E-state index is -1.15. The third-order valence-corrected chi connectivity index (χ3v) is 2.43. The van der Waals surface area contributed by atoms with Gasteiger partial charge in [-0.3, -0.25) is 4.79 Å². The van der Waals surface area contributed by atoms with E-state index in [0.29, 0.717) is 17.7 Å². The molecule has 0 bridgehead atoms. The molecule has 0 saturated carbocycles. The second-order valence-corrected chi connectivity index (χ2v) is 3.21. The number of aromatic carboxylic acids is 1. The number of aldehydes is 1. The van der Waals surface area contributed by atoms with E-state index in [0.717, 1.165) is 11.3 Å². The summed E-state index contributed by atoms with van der Waals surface area (Å²) in [6.45, 7) is 1.86. The lowest BCUT2D eigenvalue weighted by Gasteiger charge is -1.84. The predicted octanol–water partition coefficient (Wildman–Crippen LogP) is 1.22. The molecule has 0 aliphatic rings. The molecule has 0 amide bonds. The summed E-state index contributed by atoms with van der Waals surface area (Å²) in [5, 5.41) is 9.27. The highest BCUT2D eigenvalue weighted by atomic mass is 32.1. The average Bonchev–Trinajstić information content (AvgIpc) is 2.47. The van der Waals surface area contributed by atoms with Gasteiger partial charge < -0.3 is 5.11 Å². The summed E-state index contributed by atoms with van der Waals surface area (Å²) in [5.74, 6) is -1.15. The van der Waals surface area contributed by atoms with E-state index in [1.165, 1.54) is 0 Å². The van der Waals surface area contributed by atoms with Crippen molar-refractivity contribution in [2.45, 2.75) is 13.3 Å². The molecule has 12 heavy (non-hydrogen) atoms. The van der Waals surface area contributed by atoms with E-state index >= 15 is 0 Å². The molecule has 1 N–H and O–H groups in total. The molecule has 1 aromatic rings. The number of nitrogens with zero attached hydrogens (tertiary/aromatic N) is 1. The zero-order chi connectivity index (χ0) is 9.14. The van der Waals surface area contributed by atoms with Crippen molar-refractivity contribution in [2.75, 3.05) is 0 Å². The van der Waals surface area contributed by atoms with Crippen LogP contribution in [0.3, 0.4) is 0 Å². The second kappa shape index (κ2) is 3.44. The Bertz CT molecular complexity index is 318. The van der Waals surface area contributed by atoms with Crippen LogP contribution in [0.5, 0.6) is 0 Å². The van der Waals surface area contributed by atoms with E-state index in [4.69, 9.17) is 5.11 Å². The number of thiazole rings is 1. The molecule has 0 aliphatic heterocycles. The number of carboxylic acid groups (broad SMARTS) is 1. The van der Waals surface area contributed by atoms with E-state index < -0.39 is 5.97 Å². The van der Waals surface area contributed by atoms with Gasteiger partial charge >= 0.3 is 5.97 Å². The zero-order valence-electron chi connectivity index (χ0n) is 6.40. The molecule has 0 spiro atoms. The number of hydrogen-bond acceptors (Lipinski definition) is 4. The average molecular weight is 185 g/mol. The highest BCUT2D eigenvalue weighted by molar-refractivity contribution is 7.13. The Hall–Kier alpha value is -1.23. The van der Waals surface area contributed by atoms with Gasteiger partial charge in [-0.05, 0) is 6.42 Å². The normalized spacial score (nSPS) is 9.75. The summed E-state index contributed by atoms with van der Waals surface area (Å²) in [5.41, 5.74) is -0.133. The fourth-order valence-corrected chi connectivity index (χ4v) is 1.58. The van der Waals surface area contributed by atoms with E-state index in [1.54, 1.807) is 0 Å². The van der Waals surface area contributed by atoms with Crippen molar-refractivity contribution in [1.29, 1.82) is 0 Å². The van der Waals surface area contributed by atoms with Gasteiger partial charge in [0.05, 0.1) is 5.01 Å². The lowest BCUT2D eigenvalue weighted by molar-refractivity contribution is 0.0688. The minimum absolute atomic E-state index is 0.133. The van der Waals surface area contributed by atoms with E-state index in [9.17, 15) is 9.59 Å². The Morgan fingerprint density at radius 1 is 1.75 bits per heavy atom. The number of aryl methyl sites for hydroxylation is 1. The first kappa shape index (κ1) is 8.86. The Morgan fingerprint density at radius 3 is 2.75 bits per heavy atom. The topological polar surface area (TPSA) is 67.3 Å². The van der Waals surface area contributed by atoms with E-state index in [2.05, 4.69) is 4.98 Å². The van der Waals surface area contributed by atoms with E-state index in [1.807, 2.05) is 6.92 Å². The molecule has 0 aliphatic carbocycles. The molecule has 0 atom stereocenters. The van der Waals surface area contributed by atoms with Crippen molar-refractivity contribution < 1.29 is 14.7 Å². The monoisotopic (exact) mass is 185 g/mol. The van der Waals surface area contributed by atoms with Crippen LogP contribution in [0.15, 0.2) is 0 Å². The number of carbonyl (C=O) groups is 2. The van der Waals surface area contributed by atoms with Gasteiger partial charge in [0.15, 0.2) is 12.0 Å². The van der Waals surface area contributed by atoms with Crippen LogP contribution in [0.1, 0.15) is 32.1 Å². The molecule has 1 aromatic heterocycles. The molecule has 0 radical (unpaired) electrons. The molecule has 1 heterocycles. The summed E-state index contributed by atoms with van der Waals surface area (Å²) < 4.78 is 0. The molecule has 4 nitrogen and oxygen atoms in total. The van der Waals surface area contributed by atoms with Gasteiger partial charge in [0.1, 0.15) is 4.88 Å². The Morgan fingerprint density at radius 2 is 2.42 bits per heavy atom. The van der Waals surface area contributed by atoms with Crippen molar-refractivity contribution >= 4 is 23.6 Å². The number of rotatable bonds is 3. The summed E-state index contributed by atoms with van der Waals surface area (Å²) in [6, 6.07) is 0. The van der Waals surface area contributed by atoms with E-state index in [-0.39, 0.29) is 10.6 Å². The summed E-state index contributed by atoms with van der Waals surface area (Å²) in [4.78, 5) is 24.8. The lowest BCUT2D eigenvalue weighted by atomic mass is 10.4. The van der Waals surface area contributed by atoms with Gasteiger partial charge in [0.2, 0.25) is 0 Å². The maximum Gasteiger partial charge on any atom is 0.356 e. The maximum atomic E-state index is 10.5. The summed E-state index contributed by atoms with van der Waals surface area (Å²) in [7, 11) is 0. The van der Waals surface area contributed by atoms with Crippen LogP contribution in [0.25, 0.3) is 0 Å². The van der Waals surface area contributed by atoms with Crippen LogP contribution in [0.2, 0.25) is 0 Å². The molecular weight excluding hydrogens is 178 g/mol. The van der Waals surface area contributed by atoms with Crippen LogP contribution in [-0.4, -0.2) is 22.3 Å². The van der Waals surface area contributed by atoms with Gasteiger partial charge in [-0.1, -0.05) is 6.92 Å². The molecule has 0 fully saturated rings. The number of hydrogen-bond donors (Lipinski definition) is 1. The van der Waals surface area contributed by atoms with Crippen molar-refractivity contribution in [3.05, 3.63) is 15.6 Å². The van der Waals surface area contributed by atoms with Crippen LogP contribution in [0, 0.1) is 0 Å². The summed E-state index contributed by atoms with van der Waals surface area (Å²) in [6.07, 6.45) is 1.18. The molecule has 0 unspecified atom stereocenters. The summed E-state index contributed by atoms with van der Waals surface area (Å²) >= 11 is 1.13. The van der Waals surface area contributed by atoms with Crippen LogP contribution >= 0.6 is 11.3 Å². The quantitative estimate of drug-likeness (QED) is 0.719. The van der Waals surface area contributed by atoms with Crippen molar-refractivity contribution in [2.24, 2.45) is 0 Å². The third-order valence-electron chi connectivity index (χ3n) is 1.31. The van der Waals surface area contributed by atoms with Crippen molar-refractivity contribution in [1.82, 2.24) is 4.98 Å². The Balaban J connectivity index is 3.16. The van der Waals surface area contributed by atoms with Crippen molar-refractivity contribution in [3.63, 3.8) is 0 Å². The Kier molecular flexibility index (Phi) is 2.54. The fraction of sp³-hybridized carbons (Fsp3) is 0.286. The standard InChI is InChI=1S/C7H7NO3S/c1-2-5-8-6(7(10)11)4(3-9)12-5/h3H,2H2,1H3,(H,10,11). The SMILES string of the molecule is CCc1nc(C(=O)O)c(C=O)s1. The third kappa shape index (κ3) is 1.50. The first-order valence-electron chi connectivity index (χ1n) is 3.37. The maximum absolute atomic E-state index is 10.5. The molecule has 64 valence electrons. The zero-order valence-corrected chi connectivity index (χ0v) is 7.22. The van der Waals surface area contributed by atoms with Crippen LogP contribution in [0.4, 0.5) is 0 Å². The molecular formula is C7H7NO3S. The van der Waals surface area contributed by atoms with Gasteiger partial charge in [0.25, 0.3) is 0 Å². The van der Waals surface area contributed by atoms with Gasteiger partial charge in [0, 0.05) is 0 Å². The lowest BCUT2D eigenvalue weighted by Crippen LogP contribution is -2.00. The molecule has 0 aromatic carbocycles. The number of carbonyl (C=O) groups excluding carboxylic acids is 1. The second-order valence-electron chi connectivity index (χ2n) is 2.10. The van der Waals surface area contributed by atoms with Gasteiger partial charge in [-0.15, -0.1) is 11.3 Å². The first-order chi connectivity index (χ1) is 5.69. The van der Waals surface area contributed by atoms with Gasteiger partial charge in [-0.2, -0.15) is 0 Å². The van der Waals surface area contributed by atoms with Crippen molar-refractivity contribution in [3.8, 4) is 0 Å². The number of carboxylic acids is 1. The molecule has 5 heteroatoms. The highest BCUT2D eigenvalue weighted by Gasteiger charge is 2.15. The largest absolute Gasteiger partial charge is 0.476 e. The Labute approximate surface area is 72.9 Å². The fourth-order valence-electron chi connectivity index (χ4n) is 0.762. The van der Waals surface area contributed by atoms with Crippen LogP contribution in [-0.2, 0) is 6.42 Å². The smallest absolute Gasteiger partial charge is 0.356 e. The molecule has 0 saturated heterocycles. The first-order valence-corrected chi connectivity index (χ1v) is 4.18. The van der Waals surface area contributed by atoms with Crippen LogP contribution < -0.4 is 0 Å². The van der Waals surface area contributed by atoms with Gasteiger partial charge in [-0.25, -0.2) is 9.78 Å². The number of aromatic nitrogens is 1. The minimum Gasteiger partial charge on any atom is -0.476 e.